The molecule has 0 amide bonds. The van der Waals surface area contributed by atoms with Crippen molar-refractivity contribution in [3.05, 3.63) is 0 Å². The van der Waals surface area contributed by atoms with E-state index in [1.165, 1.54) is 19.3 Å². The monoisotopic (exact) mass is 166 g/mol. The van der Waals surface area contributed by atoms with Crippen LogP contribution >= 0.6 is 0 Å². The van der Waals surface area contributed by atoms with Gasteiger partial charge in [-0.2, -0.15) is 0 Å². The molecule has 0 aromatic heterocycles. The largest absolute Gasteiger partial charge is 0.440 e. The Balaban J connectivity index is 2.03. The van der Waals surface area contributed by atoms with E-state index in [4.69, 9.17) is 4.74 Å². The minimum Gasteiger partial charge on any atom is -0.440 e. The number of esters is 1. The van der Waals surface area contributed by atoms with E-state index in [1.807, 2.05) is 0 Å². The summed E-state index contributed by atoms with van der Waals surface area (Å²) in [7, 11) is 0. The van der Waals surface area contributed by atoms with Gasteiger partial charge in [0.15, 0.2) is 6.10 Å². The first-order valence-electron chi connectivity index (χ1n) is 4.55. The van der Waals surface area contributed by atoms with Crippen molar-refractivity contribution in [1.29, 1.82) is 0 Å². The smallest absolute Gasteiger partial charge is 0.385 e. The highest BCUT2D eigenvalue weighted by atomic mass is 16.5. The average molecular weight is 166 g/mol. The van der Waals surface area contributed by atoms with Gasteiger partial charge in [-0.3, -0.25) is 0 Å². The third-order valence-electron chi connectivity index (χ3n) is 1.90. The van der Waals surface area contributed by atoms with Gasteiger partial charge in [0.05, 0.1) is 0 Å². The minimum atomic E-state index is -0.365. The van der Waals surface area contributed by atoms with Crippen LogP contribution < -0.4 is 0 Å². The molecule has 1 unspecified atom stereocenters. The quantitative estimate of drug-likeness (QED) is 0.270. The summed E-state index contributed by atoms with van der Waals surface area (Å²) in [6.07, 6.45) is 5.60. The molecule has 1 aliphatic rings. The Kier molecular flexibility index (Phi) is 3.66. The third-order valence-corrected chi connectivity index (χ3v) is 1.90. The molecule has 0 saturated heterocycles. The van der Waals surface area contributed by atoms with Crippen molar-refractivity contribution < 1.29 is 9.53 Å². The molecule has 2 nitrogen and oxygen atoms in total. The van der Waals surface area contributed by atoms with Crippen molar-refractivity contribution in [3.8, 4) is 11.8 Å². The van der Waals surface area contributed by atoms with Crippen LogP contribution in [0.4, 0.5) is 0 Å². The number of ether oxygens (including phenoxy) is 1. The minimum absolute atomic E-state index is 0.116. The zero-order valence-electron chi connectivity index (χ0n) is 7.43. The number of rotatable bonds is 5. The van der Waals surface area contributed by atoms with E-state index in [0.29, 0.717) is 0 Å². The predicted octanol–water partition coefficient (Wildman–Crippen LogP) is 1.89. The van der Waals surface area contributed by atoms with Crippen molar-refractivity contribution in [1.82, 2.24) is 0 Å². The maximum absolute atomic E-state index is 10.5. The van der Waals surface area contributed by atoms with E-state index in [9.17, 15) is 4.79 Å². The molecule has 1 aliphatic heterocycles. The van der Waals surface area contributed by atoms with Gasteiger partial charge in [0.2, 0.25) is 0 Å². The highest BCUT2D eigenvalue weighted by molar-refractivity contribution is 5.90. The predicted molar refractivity (Wildman–Crippen MR) is 46.4 cm³/mol. The van der Waals surface area contributed by atoms with Gasteiger partial charge >= 0.3 is 5.97 Å². The Morgan fingerprint density at radius 3 is 2.83 bits per heavy atom. The van der Waals surface area contributed by atoms with E-state index in [1.54, 1.807) is 0 Å². The summed E-state index contributed by atoms with van der Waals surface area (Å²) in [4.78, 5) is 10.5. The van der Waals surface area contributed by atoms with E-state index in [0.717, 1.165) is 12.8 Å². The highest BCUT2D eigenvalue weighted by Crippen LogP contribution is 2.10. The van der Waals surface area contributed by atoms with Crippen LogP contribution in [-0.2, 0) is 9.53 Å². The van der Waals surface area contributed by atoms with Gasteiger partial charge in [-0.05, 0) is 18.8 Å². The maximum atomic E-state index is 10.5. The fraction of sp³-hybridized carbons (Fsp3) is 0.700. The topological polar surface area (TPSA) is 26.3 Å². The summed E-state index contributed by atoms with van der Waals surface area (Å²) < 4.78 is 4.88. The Morgan fingerprint density at radius 1 is 1.42 bits per heavy atom. The standard InChI is InChI=1S/C10H14O2/c1-2-3-4-5-6-9-7-8-10(11)12-9/h9H,2-6H2,1H3. The summed E-state index contributed by atoms with van der Waals surface area (Å²) >= 11 is 0. The molecule has 66 valence electrons. The van der Waals surface area contributed by atoms with Gasteiger partial charge in [-0.15, -0.1) is 0 Å². The van der Waals surface area contributed by atoms with Gasteiger partial charge in [0.1, 0.15) is 0 Å². The number of unbranched alkanes of at least 4 members (excludes halogenated alkanes) is 3. The molecule has 0 aromatic rings. The number of hydrogen-bond donors (Lipinski definition) is 0. The normalized spacial score (nSPS) is 20.1. The van der Waals surface area contributed by atoms with Crippen LogP contribution in [0, 0.1) is 11.8 Å². The Labute approximate surface area is 73.3 Å². The molecule has 0 N–H and O–H groups in total. The molecule has 0 saturated carbocycles. The van der Waals surface area contributed by atoms with E-state index >= 15 is 0 Å². The summed E-state index contributed by atoms with van der Waals surface area (Å²) in [6.45, 7) is 2.18. The average Bonchev–Trinajstić information content (AvgIpc) is 2.45. The van der Waals surface area contributed by atoms with Crippen molar-refractivity contribution in [2.45, 2.75) is 45.1 Å². The SMILES string of the molecule is CCCCCCC1C#CC(=O)O1. The van der Waals surface area contributed by atoms with Crippen molar-refractivity contribution in [2.75, 3.05) is 0 Å². The third kappa shape index (κ3) is 2.96. The van der Waals surface area contributed by atoms with Crippen LogP contribution in [0.25, 0.3) is 0 Å². The molecule has 0 spiro atoms. The van der Waals surface area contributed by atoms with Crippen molar-refractivity contribution >= 4 is 5.97 Å². The number of cyclic esters (lactones) is 1. The highest BCUT2D eigenvalue weighted by Gasteiger charge is 2.14. The number of hydrogen-bond acceptors (Lipinski definition) is 2. The molecule has 1 atom stereocenters. The zero-order chi connectivity index (χ0) is 8.81. The number of carbonyl (C=O) groups is 1. The van der Waals surface area contributed by atoms with Gasteiger partial charge < -0.3 is 4.74 Å². The van der Waals surface area contributed by atoms with Gasteiger partial charge in [0.25, 0.3) is 0 Å². The fourth-order valence-electron chi connectivity index (χ4n) is 1.22. The van der Waals surface area contributed by atoms with E-state index in [2.05, 4.69) is 18.8 Å². The van der Waals surface area contributed by atoms with Gasteiger partial charge in [-0.1, -0.05) is 26.2 Å². The molecule has 0 radical (unpaired) electrons. The van der Waals surface area contributed by atoms with E-state index in [-0.39, 0.29) is 12.1 Å². The summed E-state index contributed by atoms with van der Waals surface area (Å²) in [5.41, 5.74) is 0. The summed E-state index contributed by atoms with van der Waals surface area (Å²) in [5, 5.41) is 0. The molecule has 0 fully saturated rings. The zero-order valence-corrected chi connectivity index (χ0v) is 7.43. The molecule has 1 rings (SSSR count). The van der Waals surface area contributed by atoms with Crippen LogP contribution in [0.15, 0.2) is 0 Å². The Morgan fingerprint density at radius 2 is 2.25 bits per heavy atom. The van der Waals surface area contributed by atoms with Crippen LogP contribution in [0.3, 0.4) is 0 Å². The second-order valence-corrected chi connectivity index (χ2v) is 3.01. The van der Waals surface area contributed by atoms with Crippen LogP contribution in [0.1, 0.15) is 39.0 Å². The van der Waals surface area contributed by atoms with E-state index < -0.39 is 0 Å². The molecule has 0 aliphatic carbocycles. The molecule has 1 heterocycles. The molecule has 0 aromatic carbocycles. The fourth-order valence-corrected chi connectivity index (χ4v) is 1.22. The molecular weight excluding hydrogens is 152 g/mol. The summed E-state index contributed by atoms with van der Waals surface area (Å²) in [6, 6.07) is 0. The molecule has 0 bridgehead atoms. The summed E-state index contributed by atoms with van der Waals surface area (Å²) in [5.74, 6) is 4.80. The first-order chi connectivity index (χ1) is 5.83. The van der Waals surface area contributed by atoms with Crippen molar-refractivity contribution in [3.63, 3.8) is 0 Å². The van der Waals surface area contributed by atoms with Crippen molar-refractivity contribution in [2.24, 2.45) is 0 Å². The molecular formula is C10H14O2. The maximum Gasteiger partial charge on any atom is 0.385 e. The Bertz CT molecular complexity index is 210. The lowest BCUT2D eigenvalue weighted by molar-refractivity contribution is -0.138. The lowest BCUT2D eigenvalue weighted by atomic mass is 10.1. The second kappa shape index (κ2) is 4.82. The second-order valence-electron chi connectivity index (χ2n) is 3.01. The molecule has 12 heavy (non-hydrogen) atoms. The number of carbonyl (C=O) groups excluding carboxylic acids is 1. The first kappa shape index (κ1) is 9.12. The Hall–Kier alpha value is -0.970. The molecule has 2 heteroatoms. The van der Waals surface area contributed by atoms with Gasteiger partial charge in [-0.25, -0.2) is 4.79 Å². The van der Waals surface area contributed by atoms with Crippen LogP contribution in [0.5, 0.6) is 0 Å². The van der Waals surface area contributed by atoms with Crippen LogP contribution in [0.2, 0.25) is 0 Å². The lowest BCUT2D eigenvalue weighted by Crippen LogP contribution is -2.08. The lowest BCUT2D eigenvalue weighted by Gasteiger charge is -2.05. The van der Waals surface area contributed by atoms with Gasteiger partial charge in [0, 0.05) is 5.92 Å². The first-order valence-corrected chi connectivity index (χ1v) is 4.55. The van der Waals surface area contributed by atoms with Crippen LogP contribution in [-0.4, -0.2) is 12.1 Å².